The number of nitrogens with zero attached hydrogens (tertiary/aromatic N) is 3. The maximum atomic E-state index is 11.4. The number of nitrogens with one attached hydrogen (secondary N) is 1. The standard InChI is InChI=1S/C12H12N4OS/c17-12-7-16(4-3-13-12)11-6-9(14-8-15-11)10-2-1-5-18-10/h1-2,5-6,8H,3-4,7H2,(H,13,17). The molecule has 5 nitrogen and oxygen atoms in total. The van der Waals surface area contributed by atoms with Gasteiger partial charge in [0, 0.05) is 19.2 Å². The van der Waals surface area contributed by atoms with E-state index in [0.29, 0.717) is 13.1 Å². The van der Waals surface area contributed by atoms with Gasteiger partial charge in [-0.2, -0.15) is 0 Å². The van der Waals surface area contributed by atoms with Crippen LogP contribution in [0.5, 0.6) is 0 Å². The number of hydrogen-bond donors (Lipinski definition) is 1. The molecule has 0 aromatic carbocycles. The summed E-state index contributed by atoms with van der Waals surface area (Å²) in [4.78, 5) is 23.0. The molecule has 2 aromatic heterocycles. The topological polar surface area (TPSA) is 58.1 Å². The van der Waals surface area contributed by atoms with Crippen molar-refractivity contribution in [2.45, 2.75) is 0 Å². The Hall–Kier alpha value is -1.95. The Morgan fingerprint density at radius 1 is 1.39 bits per heavy atom. The maximum Gasteiger partial charge on any atom is 0.239 e. The van der Waals surface area contributed by atoms with Crippen molar-refractivity contribution < 1.29 is 4.79 Å². The third-order valence-corrected chi connectivity index (χ3v) is 3.68. The van der Waals surface area contributed by atoms with E-state index in [-0.39, 0.29) is 5.91 Å². The summed E-state index contributed by atoms with van der Waals surface area (Å²) in [6, 6.07) is 5.96. The molecule has 3 rings (SSSR count). The molecular formula is C12H12N4OS. The van der Waals surface area contributed by atoms with E-state index in [2.05, 4.69) is 15.3 Å². The fourth-order valence-electron chi connectivity index (χ4n) is 1.91. The zero-order valence-corrected chi connectivity index (χ0v) is 10.5. The quantitative estimate of drug-likeness (QED) is 0.879. The Bertz CT molecular complexity index is 555. The number of amides is 1. The Kier molecular flexibility index (Phi) is 2.93. The van der Waals surface area contributed by atoms with Crippen molar-refractivity contribution in [1.29, 1.82) is 0 Å². The van der Waals surface area contributed by atoms with Crippen LogP contribution in [0.25, 0.3) is 10.6 Å². The second kappa shape index (κ2) is 4.73. The molecule has 1 aliphatic heterocycles. The first-order chi connectivity index (χ1) is 8.83. The molecule has 0 aliphatic carbocycles. The summed E-state index contributed by atoms with van der Waals surface area (Å²) in [5.41, 5.74) is 0.904. The van der Waals surface area contributed by atoms with Gasteiger partial charge < -0.3 is 10.2 Å². The second-order valence-corrected chi connectivity index (χ2v) is 4.96. The van der Waals surface area contributed by atoms with Crippen molar-refractivity contribution in [1.82, 2.24) is 15.3 Å². The number of aromatic nitrogens is 2. The predicted octanol–water partition coefficient (Wildman–Crippen LogP) is 1.14. The van der Waals surface area contributed by atoms with Gasteiger partial charge in [0.2, 0.25) is 5.91 Å². The van der Waals surface area contributed by atoms with E-state index in [9.17, 15) is 4.79 Å². The average Bonchev–Trinajstić information content (AvgIpc) is 2.93. The van der Waals surface area contributed by atoms with Crippen LogP contribution < -0.4 is 10.2 Å². The summed E-state index contributed by atoms with van der Waals surface area (Å²) in [5, 5.41) is 4.82. The fraction of sp³-hybridized carbons (Fsp3) is 0.250. The van der Waals surface area contributed by atoms with Gasteiger partial charge in [0.25, 0.3) is 0 Å². The van der Waals surface area contributed by atoms with Crippen molar-refractivity contribution in [3.05, 3.63) is 29.9 Å². The molecule has 0 bridgehead atoms. The van der Waals surface area contributed by atoms with Gasteiger partial charge in [-0.15, -0.1) is 11.3 Å². The molecular weight excluding hydrogens is 248 g/mol. The molecule has 1 fully saturated rings. The lowest BCUT2D eigenvalue weighted by molar-refractivity contribution is -0.120. The number of carbonyl (C=O) groups excluding carboxylic acids is 1. The van der Waals surface area contributed by atoms with E-state index in [1.54, 1.807) is 17.7 Å². The molecule has 3 heterocycles. The molecule has 0 atom stereocenters. The van der Waals surface area contributed by atoms with E-state index in [1.807, 2.05) is 28.5 Å². The third-order valence-electron chi connectivity index (χ3n) is 2.79. The number of anilines is 1. The summed E-state index contributed by atoms with van der Waals surface area (Å²) in [6.45, 7) is 1.81. The van der Waals surface area contributed by atoms with E-state index in [0.717, 1.165) is 22.9 Å². The Labute approximate surface area is 108 Å². The monoisotopic (exact) mass is 260 g/mol. The summed E-state index contributed by atoms with van der Waals surface area (Å²) < 4.78 is 0. The molecule has 92 valence electrons. The highest BCUT2D eigenvalue weighted by atomic mass is 32.1. The van der Waals surface area contributed by atoms with Crippen LogP contribution in [-0.2, 0) is 4.79 Å². The van der Waals surface area contributed by atoms with Crippen molar-refractivity contribution >= 4 is 23.1 Å². The first kappa shape index (κ1) is 11.2. The molecule has 18 heavy (non-hydrogen) atoms. The fourth-order valence-corrected chi connectivity index (χ4v) is 2.61. The van der Waals surface area contributed by atoms with Crippen LogP contribution >= 0.6 is 11.3 Å². The van der Waals surface area contributed by atoms with Crippen molar-refractivity contribution in [2.75, 3.05) is 24.5 Å². The number of carbonyl (C=O) groups is 1. The van der Waals surface area contributed by atoms with Gasteiger partial charge >= 0.3 is 0 Å². The van der Waals surface area contributed by atoms with Gasteiger partial charge in [-0.05, 0) is 11.4 Å². The second-order valence-electron chi connectivity index (χ2n) is 4.01. The van der Waals surface area contributed by atoms with E-state index >= 15 is 0 Å². The first-order valence-electron chi connectivity index (χ1n) is 5.70. The molecule has 0 unspecified atom stereocenters. The highest BCUT2D eigenvalue weighted by Crippen LogP contribution is 2.24. The smallest absolute Gasteiger partial charge is 0.239 e. The molecule has 1 N–H and O–H groups in total. The van der Waals surface area contributed by atoms with Crippen LogP contribution in [0.4, 0.5) is 5.82 Å². The summed E-state index contributed by atoms with van der Waals surface area (Å²) in [7, 11) is 0. The number of piperazine rings is 1. The lowest BCUT2D eigenvalue weighted by atomic mass is 10.3. The number of thiophene rings is 1. The van der Waals surface area contributed by atoms with Gasteiger partial charge in [0.05, 0.1) is 17.1 Å². The normalized spacial score (nSPS) is 15.6. The van der Waals surface area contributed by atoms with Crippen LogP contribution in [0.1, 0.15) is 0 Å². The molecule has 1 aliphatic rings. The first-order valence-corrected chi connectivity index (χ1v) is 6.58. The van der Waals surface area contributed by atoms with Crippen LogP contribution in [0.15, 0.2) is 29.9 Å². The van der Waals surface area contributed by atoms with Gasteiger partial charge in [0.15, 0.2) is 0 Å². The maximum absolute atomic E-state index is 11.4. The largest absolute Gasteiger partial charge is 0.353 e. The summed E-state index contributed by atoms with van der Waals surface area (Å²) >= 11 is 1.64. The molecule has 2 aromatic rings. The lowest BCUT2D eigenvalue weighted by Crippen LogP contribution is -2.48. The zero-order chi connectivity index (χ0) is 12.4. The average molecular weight is 260 g/mol. The van der Waals surface area contributed by atoms with Crippen molar-refractivity contribution in [3.63, 3.8) is 0 Å². The molecule has 1 saturated heterocycles. The molecule has 6 heteroatoms. The van der Waals surface area contributed by atoms with Gasteiger partial charge in [-0.3, -0.25) is 4.79 Å². The zero-order valence-electron chi connectivity index (χ0n) is 9.67. The Balaban J connectivity index is 1.89. The van der Waals surface area contributed by atoms with Crippen LogP contribution in [0.3, 0.4) is 0 Å². The molecule has 0 spiro atoms. The van der Waals surface area contributed by atoms with Crippen molar-refractivity contribution in [3.8, 4) is 10.6 Å². The SMILES string of the molecule is O=C1CN(c2cc(-c3cccs3)ncn2)CCN1. The van der Waals surface area contributed by atoms with E-state index in [1.165, 1.54) is 0 Å². The minimum absolute atomic E-state index is 0.0394. The van der Waals surface area contributed by atoms with Crippen LogP contribution in [0, 0.1) is 0 Å². The van der Waals surface area contributed by atoms with Crippen molar-refractivity contribution in [2.24, 2.45) is 0 Å². The van der Waals surface area contributed by atoms with Crippen LogP contribution in [-0.4, -0.2) is 35.5 Å². The summed E-state index contributed by atoms with van der Waals surface area (Å²) in [5.74, 6) is 0.848. The van der Waals surface area contributed by atoms with E-state index in [4.69, 9.17) is 0 Å². The molecule has 0 saturated carbocycles. The molecule has 1 amide bonds. The summed E-state index contributed by atoms with van der Waals surface area (Å²) in [6.07, 6.45) is 1.55. The van der Waals surface area contributed by atoms with Gasteiger partial charge in [0.1, 0.15) is 12.1 Å². The van der Waals surface area contributed by atoms with E-state index < -0.39 is 0 Å². The molecule has 0 radical (unpaired) electrons. The number of rotatable bonds is 2. The minimum Gasteiger partial charge on any atom is -0.353 e. The highest BCUT2D eigenvalue weighted by Gasteiger charge is 2.18. The Morgan fingerprint density at radius 3 is 3.11 bits per heavy atom. The Morgan fingerprint density at radius 2 is 2.33 bits per heavy atom. The lowest BCUT2D eigenvalue weighted by Gasteiger charge is -2.27. The highest BCUT2D eigenvalue weighted by molar-refractivity contribution is 7.13. The minimum atomic E-state index is 0.0394. The van der Waals surface area contributed by atoms with Gasteiger partial charge in [-0.25, -0.2) is 9.97 Å². The van der Waals surface area contributed by atoms with Gasteiger partial charge in [-0.1, -0.05) is 6.07 Å². The third kappa shape index (κ3) is 2.19. The predicted molar refractivity (Wildman–Crippen MR) is 70.6 cm³/mol. The number of hydrogen-bond acceptors (Lipinski definition) is 5. The van der Waals surface area contributed by atoms with Crippen LogP contribution in [0.2, 0.25) is 0 Å².